The zero-order valence-electron chi connectivity index (χ0n) is 16.9. The molecule has 0 fully saturated rings. The topological polar surface area (TPSA) is 255 Å². The summed E-state index contributed by atoms with van der Waals surface area (Å²) in [6, 6.07) is -5.11. The number of carbonyl (C=O) groups excluding carboxylic acids is 3. The smallest absolute Gasteiger partial charge is 0.328 e. The van der Waals surface area contributed by atoms with Crippen molar-refractivity contribution in [2.75, 3.05) is 13.2 Å². The van der Waals surface area contributed by atoms with Crippen LogP contribution in [-0.2, 0) is 19.2 Å². The molecule has 0 aromatic rings. The highest BCUT2D eigenvalue weighted by molar-refractivity contribution is 5.94. The van der Waals surface area contributed by atoms with Gasteiger partial charge in [0.1, 0.15) is 18.1 Å². The fourth-order valence-electron chi connectivity index (χ4n) is 2.18. The van der Waals surface area contributed by atoms with Gasteiger partial charge in [0, 0.05) is 6.54 Å². The Labute approximate surface area is 173 Å². The molecule has 0 aliphatic rings. The number of rotatable bonds is 13. The van der Waals surface area contributed by atoms with Crippen molar-refractivity contribution >= 4 is 29.7 Å². The number of carboxylic acids is 1. The van der Waals surface area contributed by atoms with Gasteiger partial charge in [0.25, 0.3) is 0 Å². The van der Waals surface area contributed by atoms with E-state index >= 15 is 0 Å². The van der Waals surface area contributed by atoms with E-state index in [-0.39, 0.29) is 25.3 Å². The minimum atomic E-state index is -1.59. The van der Waals surface area contributed by atoms with Crippen molar-refractivity contribution < 1.29 is 34.5 Å². The van der Waals surface area contributed by atoms with Gasteiger partial charge in [0.05, 0.1) is 12.7 Å². The number of hydrogen-bond acceptors (Lipinski definition) is 8. The van der Waals surface area contributed by atoms with Crippen molar-refractivity contribution in [3.05, 3.63) is 0 Å². The molecule has 0 rings (SSSR count). The van der Waals surface area contributed by atoms with Crippen molar-refractivity contribution in [1.29, 1.82) is 0 Å². The summed E-state index contributed by atoms with van der Waals surface area (Å²) >= 11 is 0. The van der Waals surface area contributed by atoms with E-state index in [0.29, 0.717) is 0 Å². The molecule has 30 heavy (non-hydrogen) atoms. The average molecular weight is 433 g/mol. The monoisotopic (exact) mass is 433 g/mol. The molecule has 0 saturated heterocycles. The molecule has 0 aromatic heterocycles. The van der Waals surface area contributed by atoms with E-state index in [0.717, 1.165) is 0 Å². The van der Waals surface area contributed by atoms with E-state index in [1.54, 1.807) is 0 Å². The first kappa shape index (κ1) is 27.0. The van der Waals surface area contributed by atoms with Crippen molar-refractivity contribution in [3.63, 3.8) is 0 Å². The summed E-state index contributed by atoms with van der Waals surface area (Å²) < 4.78 is 0. The van der Waals surface area contributed by atoms with Crippen LogP contribution in [0.4, 0.5) is 0 Å². The lowest BCUT2D eigenvalue weighted by molar-refractivity contribution is -0.145. The third-order valence-electron chi connectivity index (χ3n) is 3.91. The average Bonchev–Trinajstić information content (AvgIpc) is 2.66. The highest BCUT2D eigenvalue weighted by atomic mass is 16.4. The first-order valence-electron chi connectivity index (χ1n) is 9.14. The minimum absolute atomic E-state index is 0.0390. The summed E-state index contributed by atoms with van der Waals surface area (Å²) in [4.78, 5) is 51.5. The number of nitrogens with one attached hydrogen (secondary N) is 3. The number of carbonyl (C=O) groups is 4. The van der Waals surface area contributed by atoms with Gasteiger partial charge in [-0.1, -0.05) is 0 Å². The van der Waals surface area contributed by atoms with Gasteiger partial charge in [-0.2, -0.15) is 0 Å². The number of aliphatic hydroxyl groups excluding tert-OH is 2. The molecule has 172 valence electrons. The molecule has 0 aliphatic carbocycles. The molecule has 0 spiro atoms. The summed E-state index contributed by atoms with van der Waals surface area (Å²) in [6.45, 7) is 2.05. The lowest BCUT2D eigenvalue weighted by atomic mass is 10.1. The standard InChI is InChI=1S/C16H31N7O7/c1-7(21-13(27)9(17)6-24)12(26)22-10(4-3-5-20-16(18)19)14(28)23-11(8(2)25)15(29)30/h7-11,24-25H,3-6,17H2,1-2H3,(H,21,27)(H,22,26)(H,23,28)(H,29,30)(H4,18,19,20). The number of aliphatic hydroxyl groups is 2. The lowest BCUT2D eigenvalue weighted by Gasteiger charge is -2.24. The number of hydrogen-bond donors (Lipinski definition) is 9. The predicted octanol–water partition coefficient (Wildman–Crippen LogP) is -4.70. The van der Waals surface area contributed by atoms with Crippen LogP contribution in [0.25, 0.3) is 0 Å². The summed E-state index contributed by atoms with van der Waals surface area (Å²) in [7, 11) is 0. The van der Waals surface area contributed by atoms with E-state index in [1.165, 1.54) is 13.8 Å². The van der Waals surface area contributed by atoms with Crippen LogP contribution in [0.1, 0.15) is 26.7 Å². The van der Waals surface area contributed by atoms with Gasteiger partial charge in [0.15, 0.2) is 12.0 Å². The summed E-state index contributed by atoms with van der Waals surface area (Å²) in [5.41, 5.74) is 15.8. The lowest BCUT2D eigenvalue weighted by Crippen LogP contribution is -2.57. The van der Waals surface area contributed by atoms with Gasteiger partial charge < -0.3 is 48.5 Å². The Bertz CT molecular complexity index is 637. The van der Waals surface area contributed by atoms with Crippen LogP contribution < -0.4 is 33.2 Å². The molecule has 0 saturated carbocycles. The molecule has 0 heterocycles. The molecule has 5 atom stereocenters. The number of guanidine groups is 1. The second kappa shape index (κ2) is 13.3. The molecule has 3 amide bonds. The summed E-state index contributed by atoms with van der Waals surface area (Å²) in [6.07, 6.45) is -1.08. The Balaban J connectivity index is 5.20. The van der Waals surface area contributed by atoms with E-state index in [2.05, 4.69) is 20.9 Å². The number of amides is 3. The van der Waals surface area contributed by atoms with Gasteiger partial charge in [-0.15, -0.1) is 0 Å². The normalized spacial score (nSPS) is 15.6. The molecule has 0 aromatic carbocycles. The van der Waals surface area contributed by atoms with Crippen LogP contribution in [0, 0.1) is 0 Å². The van der Waals surface area contributed by atoms with Crippen molar-refractivity contribution in [1.82, 2.24) is 16.0 Å². The molecule has 5 unspecified atom stereocenters. The van der Waals surface area contributed by atoms with Gasteiger partial charge in [-0.3, -0.25) is 19.4 Å². The minimum Gasteiger partial charge on any atom is -0.480 e. The van der Waals surface area contributed by atoms with Crippen LogP contribution in [0.3, 0.4) is 0 Å². The molecule has 12 N–H and O–H groups in total. The van der Waals surface area contributed by atoms with Crippen molar-refractivity contribution in [3.8, 4) is 0 Å². The second-order valence-corrected chi connectivity index (χ2v) is 6.59. The van der Waals surface area contributed by atoms with Crippen LogP contribution in [0.5, 0.6) is 0 Å². The van der Waals surface area contributed by atoms with Crippen LogP contribution in [0.2, 0.25) is 0 Å². The third-order valence-corrected chi connectivity index (χ3v) is 3.91. The fraction of sp³-hybridized carbons (Fsp3) is 0.688. The Morgan fingerprint density at radius 1 is 1.00 bits per heavy atom. The van der Waals surface area contributed by atoms with Crippen molar-refractivity contribution in [2.24, 2.45) is 22.2 Å². The highest BCUT2D eigenvalue weighted by Crippen LogP contribution is 2.02. The largest absolute Gasteiger partial charge is 0.480 e. The zero-order chi connectivity index (χ0) is 23.4. The Morgan fingerprint density at radius 2 is 1.60 bits per heavy atom. The SMILES string of the molecule is CC(NC(=O)C(N)CO)C(=O)NC(CCCN=C(N)N)C(=O)NC(C(=O)O)C(C)O. The maximum atomic E-state index is 12.5. The van der Waals surface area contributed by atoms with Gasteiger partial charge in [0.2, 0.25) is 17.7 Å². The number of nitrogens with zero attached hydrogens (tertiary/aromatic N) is 1. The molecular weight excluding hydrogens is 402 g/mol. The third kappa shape index (κ3) is 9.99. The number of nitrogens with two attached hydrogens (primary N) is 3. The quantitative estimate of drug-likeness (QED) is 0.0761. The molecule has 0 aliphatic heterocycles. The maximum absolute atomic E-state index is 12.5. The van der Waals surface area contributed by atoms with E-state index < -0.39 is 60.6 Å². The number of aliphatic carboxylic acids is 1. The van der Waals surface area contributed by atoms with E-state index in [4.69, 9.17) is 27.4 Å². The Morgan fingerprint density at radius 3 is 2.07 bits per heavy atom. The van der Waals surface area contributed by atoms with E-state index in [9.17, 15) is 24.3 Å². The molecule has 0 radical (unpaired) electrons. The summed E-state index contributed by atoms with van der Waals surface area (Å²) in [5, 5.41) is 34.3. The van der Waals surface area contributed by atoms with Gasteiger partial charge in [-0.05, 0) is 26.7 Å². The fourth-order valence-corrected chi connectivity index (χ4v) is 2.18. The highest BCUT2D eigenvalue weighted by Gasteiger charge is 2.30. The Hall–Kier alpha value is -2.97. The van der Waals surface area contributed by atoms with Crippen LogP contribution in [-0.4, -0.2) is 88.4 Å². The van der Waals surface area contributed by atoms with Gasteiger partial charge in [-0.25, -0.2) is 4.79 Å². The second-order valence-electron chi connectivity index (χ2n) is 6.59. The number of carboxylic acid groups (broad SMARTS) is 1. The summed E-state index contributed by atoms with van der Waals surface area (Å²) in [5.74, 6) is -3.99. The van der Waals surface area contributed by atoms with Crippen LogP contribution in [0.15, 0.2) is 4.99 Å². The first-order valence-corrected chi connectivity index (χ1v) is 9.14. The molecule has 0 bridgehead atoms. The zero-order valence-corrected chi connectivity index (χ0v) is 16.9. The predicted molar refractivity (Wildman–Crippen MR) is 106 cm³/mol. The number of aliphatic imine (C=N–C) groups is 1. The molecular formula is C16H31N7O7. The first-order chi connectivity index (χ1) is 13.9. The maximum Gasteiger partial charge on any atom is 0.328 e. The van der Waals surface area contributed by atoms with Gasteiger partial charge >= 0.3 is 5.97 Å². The van der Waals surface area contributed by atoms with Crippen molar-refractivity contribution in [2.45, 2.75) is 57.0 Å². The Kier molecular flexibility index (Phi) is 12.0. The van der Waals surface area contributed by atoms with E-state index in [1.807, 2.05) is 0 Å². The van der Waals surface area contributed by atoms with Crippen LogP contribution >= 0.6 is 0 Å². The molecule has 14 nitrogen and oxygen atoms in total. The molecule has 14 heteroatoms.